The van der Waals surface area contributed by atoms with Gasteiger partial charge in [-0.2, -0.15) is 0 Å². The molecule has 4 N–H and O–H groups in total. The van der Waals surface area contributed by atoms with E-state index in [2.05, 4.69) is 15.5 Å². The van der Waals surface area contributed by atoms with Crippen LogP contribution >= 0.6 is 23.1 Å². The highest BCUT2D eigenvalue weighted by Gasteiger charge is 2.54. The topological polar surface area (TPSA) is 147 Å². The van der Waals surface area contributed by atoms with E-state index in [0.717, 1.165) is 16.9 Å². The number of fused-ring (bicyclic) bond motifs is 1. The van der Waals surface area contributed by atoms with Crippen molar-refractivity contribution < 1.29 is 24.3 Å². The highest BCUT2D eigenvalue weighted by Crippen LogP contribution is 2.41. The maximum Gasteiger partial charge on any atom is 0.352 e. The third kappa shape index (κ3) is 4.08. The SMILES string of the molecule is CO/N=C(\C(=O)NC1C(=O)N2C(C(=O)O)=C(CC(C)C)CSC12)c1csc(N)n1. The van der Waals surface area contributed by atoms with Crippen molar-refractivity contribution in [3.63, 3.8) is 0 Å². The van der Waals surface area contributed by atoms with E-state index < -0.39 is 29.2 Å². The maximum atomic E-state index is 12.7. The number of nitrogens with one attached hydrogen (secondary N) is 1. The first-order valence-electron chi connectivity index (χ1n) is 8.78. The van der Waals surface area contributed by atoms with Gasteiger partial charge in [0.1, 0.15) is 29.9 Å². The van der Waals surface area contributed by atoms with Crippen LogP contribution in [0.2, 0.25) is 0 Å². The normalized spacial score (nSPS) is 21.7. The fourth-order valence-electron chi connectivity index (χ4n) is 3.23. The molecule has 1 saturated heterocycles. The van der Waals surface area contributed by atoms with E-state index in [1.807, 2.05) is 13.8 Å². The number of carboxylic acids is 1. The van der Waals surface area contributed by atoms with Gasteiger partial charge in [0.25, 0.3) is 11.8 Å². The number of nitrogens with zero attached hydrogens (tertiary/aromatic N) is 3. The summed E-state index contributed by atoms with van der Waals surface area (Å²) in [6.45, 7) is 3.98. The standard InChI is InChI=1S/C17H21N5O5S2/c1-7(2)4-8-5-28-15-11(14(24)22(15)12(8)16(25)26)20-13(23)10(21-27-3)9-6-29-17(18)19-9/h6-7,11,15H,4-5H2,1-3H3,(H2,18,19)(H,20,23)(H,25,26)/b21-10-. The summed E-state index contributed by atoms with van der Waals surface area (Å²) >= 11 is 2.57. The zero-order chi connectivity index (χ0) is 21.3. The van der Waals surface area contributed by atoms with E-state index in [1.54, 1.807) is 5.38 Å². The van der Waals surface area contributed by atoms with E-state index in [0.29, 0.717) is 12.2 Å². The lowest BCUT2D eigenvalue weighted by molar-refractivity contribution is -0.150. The second-order valence-electron chi connectivity index (χ2n) is 6.91. The Kier molecular flexibility index (Phi) is 6.13. The smallest absolute Gasteiger partial charge is 0.352 e. The average Bonchev–Trinajstić information content (AvgIpc) is 3.08. The summed E-state index contributed by atoms with van der Waals surface area (Å²) in [7, 11) is 1.29. The van der Waals surface area contributed by atoms with Crippen molar-refractivity contribution in [2.45, 2.75) is 31.7 Å². The monoisotopic (exact) mass is 439 g/mol. The molecule has 2 amide bonds. The van der Waals surface area contributed by atoms with E-state index in [4.69, 9.17) is 10.6 Å². The van der Waals surface area contributed by atoms with Crippen LogP contribution < -0.4 is 11.1 Å². The molecule has 0 aliphatic carbocycles. The van der Waals surface area contributed by atoms with Gasteiger partial charge in [-0.15, -0.1) is 23.1 Å². The van der Waals surface area contributed by atoms with Crippen LogP contribution in [-0.2, 0) is 19.2 Å². The predicted molar refractivity (Wildman–Crippen MR) is 109 cm³/mol. The molecule has 3 rings (SSSR count). The van der Waals surface area contributed by atoms with Crippen LogP contribution in [-0.4, -0.2) is 62.8 Å². The number of carbonyl (C=O) groups excluding carboxylic acids is 2. The summed E-state index contributed by atoms with van der Waals surface area (Å²) in [6, 6.07) is -0.861. The van der Waals surface area contributed by atoms with Crippen LogP contribution in [0.4, 0.5) is 5.13 Å². The van der Waals surface area contributed by atoms with Crippen molar-refractivity contribution in [1.82, 2.24) is 15.2 Å². The zero-order valence-electron chi connectivity index (χ0n) is 16.0. The minimum Gasteiger partial charge on any atom is -0.477 e. The number of amides is 2. The summed E-state index contributed by atoms with van der Waals surface area (Å²) in [5, 5.41) is 17.3. The summed E-state index contributed by atoms with van der Waals surface area (Å²) in [5.41, 5.74) is 6.48. The molecular weight excluding hydrogens is 418 g/mol. The number of aliphatic carboxylic acids is 1. The Hall–Kier alpha value is -2.60. The Balaban J connectivity index is 1.79. The molecule has 10 nitrogen and oxygen atoms in total. The van der Waals surface area contributed by atoms with Gasteiger partial charge in [0.05, 0.1) is 0 Å². The van der Waals surface area contributed by atoms with Gasteiger partial charge >= 0.3 is 5.97 Å². The summed E-state index contributed by atoms with van der Waals surface area (Å²) in [4.78, 5) is 47.2. The lowest BCUT2D eigenvalue weighted by Crippen LogP contribution is -2.71. The van der Waals surface area contributed by atoms with Gasteiger partial charge in [-0.05, 0) is 17.9 Å². The number of β-lactam (4-membered cyclic amide) rings is 1. The van der Waals surface area contributed by atoms with Crippen LogP contribution in [0.3, 0.4) is 0 Å². The van der Waals surface area contributed by atoms with E-state index in [-0.39, 0.29) is 28.2 Å². The average molecular weight is 440 g/mol. The number of carboxylic acid groups (broad SMARTS) is 1. The molecule has 1 aromatic rings. The molecule has 0 radical (unpaired) electrons. The maximum absolute atomic E-state index is 12.7. The third-order valence-electron chi connectivity index (χ3n) is 4.35. The van der Waals surface area contributed by atoms with Gasteiger partial charge in [0, 0.05) is 11.1 Å². The second kappa shape index (κ2) is 8.41. The number of nitrogen functional groups attached to an aromatic ring is 1. The summed E-state index contributed by atoms with van der Waals surface area (Å²) in [6.07, 6.45) is 0.595. The quantitative estimate of drug-likeness (QED) is 0.322. The van der Waals surface area contributed by atoms with Gasteiger partial charge in [-0.3, -0.25) is 14.5 Å². The van der Waals surface area contributed by atoms with Crippen molar-refractivity contribution in [1.29, 1.82) is 0 Å². The highest BCUT2D eigenvalue weighted by atomic mass is 32.2. The number of nitrogens with two attached hydrogens (primary N) is 1. The minimum absolute atomic E-state index is 0.0241. The van der Waals surface area contributed by atoms with Gasteiger partial charge in [-0.1, -0.05) is 19.0 Å². The number of aromatic nitrogens is 1. The zero-order valence-corrected chi connectivity index (χ0v) is 17.7. The molecule has 3 heterocycles. The lowest BCUT2D eigenvalue weighted by atomic mass is 9.97. The minimum atomic E-state index is -1.14. The molecule has 0 spiro atoms. The van der Waals surface area contributed by atoms with Crippen LogP contribution in [0.15, 0.2) is 21.8 Å². The van der Waals surface area contributed by atoms with E-state index >= 15 is 0 Å². The van der Waals surface area contributed by atoms with Crippen molar-refractivity contribution in [3.8, 4) is 0 Å². The molecule has 1 fully saturated rings. The van der Waals surface area contributed by atoms with Crippen molar-refractivity contribution in [3.05, 3.63) is 22.3 Å². The van der Waals surface area contributed by atoms with Crippen LogP contribution in [0.5, 0.6) is 0 Å². The molecule has 0 saturated carbocycles. The molecule has 2 aliphatic rings. The number of thiazole rings is 1. The number of rotatable bonds is 7. The Morgan fingerprint density at radius 3 is 2.79 bits per heavy atom. The van der Waals surface area contributed by atoms with Gasteiger partial charge in [-0.25, -0.2) is 9.78 Å². The molecule has 0 bridgehead atoms. The first kappa shape index (κ1) is 21.1. The summed E-state index contributed by atoms with van der Waals surface area (Å²) in [5.74, 6) is -1.50. The van der Waals surface area contributed by atoms with E-state index in [1.165, 1.54) is 23.8 Å². The fourth-order valence-corrected chi connectivity index (χ4v) is 5.14. The molecular formula is C17H21N5O5S2. The van der Waals surface area contributed by atoms with Crippen molar-refractivity contribution in [2.24, 2.45) is 11.1 Å². The first-order chi connectivity index (χ1) is 13.7. The molecule has 29 heavy (non-hydrogen) atoms. The van der Waals surface area contributed by atoms with Crippen LogP contribution in [0.1, 0.15) is 26.0 Å². The van der Waals surface area contributed by atoms with Crippen LogP contribution in [0.25, 0.3) is 0 Å². The van der Waals surface area contributed by atoms with Crippen LogP contribution in [0, 0.1) is 5.92 Å². The number of carbonyl (C=O) groups is 3. The summed E-state index contributed by atoms with van der Waals surface area (Å²) < 4.78 is 0. The molecule has 0 aromatic carbocycles. The number of oxime groups is 1. The first-order valence-corrected chi connectivity index (χ1v) is 10.7. The third-order valence-corrected chi connectivity index (χ3v) is 6.37. The predicted octanol–water partition coefficient (Wildman–Crippen LogP) is 0.861. The van der Waals surface area contributed by atoms with Crippen molar-refractivity contribution >= 4 is 51.7 Å². The number of anilines is 1. The Labute approximate surface area is 175 Å². The lowest BCUT2D eigenvalue weighted by Gasteiger charge is -2.49. The molecule has 1 aromatic heterocycles. The molecule has 2 unspecified atom stereocenters. The second-order valence-corrected chi connectivity index (χ2v) is 8.90. The van der Waals surface area contributed by atoms with Gasteiger partial charge in [0.15, 0.2) is 10.8 Å². The number of hydrogen-bond donors (Lipinski definition) is 3. The Bertz CT molecular complexity index is 910. The van der Waals surface area contributed by atoms with Crippen molar-refractivity contribution in [2.75, 3.05) is 18.6 Å². The largest absolute Gasteiger partial charge is 0.477 e. The Morgan fingerprint density at radius 2 is 2.24 bits per heavy atom. The molecule has 12 heteroatoms. The fraction of sp³-hybridized carbons (Fsp3) is 0.471. The number of thioether (sulfide) groups is 1. The highest BCUT2D eigenvalue weighted by molar-refractivity contribution is 8.00. The Morgan fingerprint density at radius 1 is 1.52 bits per heavy atom. The van der Waals surface area contributed by atoms with E-state index in [9.17, 15) is 19.5 Å². The number of hydrogen-bond acceptors (Lipinski definition) is 9. The molecule has 2 aliphatic heterocycles. The molecule has 2 atom stereocenters. The van der Waals surface area contributed by atoms with Gasteiger partial charge < -0.3 is 21.0 Å². The van der Waals surface area contributed by atoms with Gasteiger partial charge in [0.2, 0.25) is 0 Å². The molecule has 156 valence electrons.